The van der Waals surface area contributed by atoms with Crippen molar-refractivity contribution in [2.45, 2.75) is 65.7 Å². The maximum absolute atomic E-state index is 12.4. The van der Waals surface area contributed by atoms with Gasteiger partial charge in [-0.2, -0.15) is 0 Å². The Hall–Kier alpha value is -1.29. The van der Waals surface area contributed by atoms with Crippen molar-refractivity contribution < 1.29 is 4.79 Å². The van der Waals surface area contributed by atoms with Crippen LogP contribution in [0, 0.1) is 0 Å². The zero-order chi connectivity index (χ0) is 16.0. The van der Waals surface area contributed by atoms with Gasteiger partial charge in [0.05, 0.1) is 0 Å². The van der Waals surface area contributed by atoms with Crippen molar-refractivity contribution in [3.8, 4) is 0 Å². The Morgan fingerprint density at radius 2 is 2.05 bits per heavy atom. The first kappa shape index (κ1) is 17.8. The summed E-state index contributed by atoms with van der Waals surface area (Å²) in [4.78, 5) is 16.7. The maximum atomic E-state index is 12.4. The minimum Gasteiger partial charge on any atom is -0.339 e. The Labute approximate surface area is 129 Å². The van der Waals surface area contributed by atoms with Crippen molar-refractivity contribution >= 4 is 5.91 Å². The second kappa shape index (κ2) is 8.23. The highest BCUT2D eigenvalue weighted by Crippen LogP contribution is 2.29. The van der Waals surface area contributed by atoms with Crippen LogP contribution in [0.3, 0.4) is 0 Å². The molecule has 1 rings (SSSR count). The lowest BCUT2D eigenvalue weighted by molar-refractivity contribution is -0.136. The monoisotopic (exact) mass is 293 g/mol. The molecule has 0 radical (unpaired) electrons. The summed E-state index contributed by atoms with van der Waals surface area (Å²) in [5.74, 6) is 0.147. The molecular weight excluding hydrogens is 262 g/mol. The fourth-order valence-corrected chi connectivity index (χ4v) is 3.21. The molecule has 4 heteroatoms. The number of amides is 1. The van der Waals surface area contributed by atoms with E-state index in [9.17, 15) is 4.79 Å². The Balaban J connectivity index is 3.12. The number of nitrogens with one attached hydrogen (secondary N) is 1. The molecule has 0 aromatic heterocycles. The third-order valence-corrected chi connectivity index (χ3v) is 4.41. The summed E-state index contributed by atoms with van der Waals surface area (Å²) >= 11 is 0. The molecule has 21 heavy (non-hydrogen) atoms. The van der Waals surface area contributed by atoms with Gasteiger partial charge in [0.15, 0.2) is 6.29 Å². The van der Waals surface area contributed by atoms with Gasteiger partial charge in [0.1, 0.15) is 0 Å². The molecule has 1 aliphatic rings. The molecule has 2 atom stereocenters. The van der Waals surface area contributed by atoms with E-state index >= 15 is 0 Å². The predicted molar refractivity (Wildman–Crippen MR) is 88.6 cm³/mol. The molecule has 0 saturated carbocycles. The summed E-state index contributed by atoms with van der Waals surface area (Å²) in [6.45, 7) is 8.43. The maximum Gasteiger partial charge on any atom is 0.253 e. The number of carbonyl (C=O) groups is 1. The van der Waals surface area contributed by atoms with E-state index in [2.05, 4.69) is 50.1 Å². The quantitative estimate of drug-likeness (QED) is 0.733. The molecule has 0 aromatic carbocycles. The lowest BCUT2D eigenvalue weighted by Gasteiger charge is -2.48. The summed E-state index contributed by atoms with van der Waals surface area (Å²) in [6.07, 6.45) is 8.32. The van der Waals surface area contributed by atoms with Gasteiger partial charge >= 0.3 is 0 Å². The number of carbonyl (C=O) groups excluding carboxylic acids is 1. The minimum absolute atomic E-state index is 0.0524. The van der Waals surface area contributed by atoms with E-state index in [1.807, 2.05) is 19.0 Å². The van der Waals surface area contributed by atoms with Crippen molar-refractivity contribution in [1.29, 1.82) is 0 Å². The van der Waals surface area contributed by atoms with Crippen LogP contribution < -0.4 is 5.32 Å². The average molecular weight is 293 g/mol. The highest BCUT2D eigenvalue weighted by molar-refractivity contribution is 5.94. The molecule has 0 aromatic rings. The molecule has 0 saturated heterocycles. The van der Waals surface area contributed by atoms with Gasteiger partial charge in [-0.15, -0.1) is 0 Å². The van der Waals surface area contributed by atoms with Crippen LogP contribution in [-0.4, -0.2) is 42.1 Å². The number of likely N-dealkylation sites (N-methyl/N-ethyl adjacent to an activating group) is 1. The molecule has 0 fully saturated rings. The van der Waals surface area contributed by atoms with Crippen molar-refractivity contribution in [3.63, 3.8) is 0 Å². The minimum atomic E-state index is -0.0524. The van der Waals surface area contributed by atoms with Crippen LogP contribution in [0.5, 0.6) is 0 Å². The Morgan fingerprint density at radius 3 is 2.52 bits per heavy atom. The molecule has 1 aliphatic heterocycles. The van der Waals surface area contributed by atoms with Gasteiger partial charge in [0, 0.05) is 24.4 Å². The van der Waals surface area contributed by atoms with Gasteiger partial charge in [-0.3, -0.25) is 10.1 Å². The number of nitrogens with zero attached hydrogens (tertiary/aromatic N) is 2. The molecule has 1 amide bonds. The third kappa shape index (κ3) is 3.67. The van der Waals surface area contributed by atoms with Crippen molar-refractivity contribution in [1.82, 2.24) is 15.1 Å². The van der Waals surface area contributed by atoms with E-state index in [-0.39, 0.29) is 12.2 Å². The molecule has 1 heterocycles. The number of hydrogen-bond acceptors (Lipinski definition) is 3. The van der Waals surface area contributed by atoms with E-state index < -0.39 is 0 Å². The van der Waals surface area contributed by atoms with Crippen molar-refractivity contribution in [2.75, 3.05) is 14.1 Å². The van der Waals surface area contributed by atoms with E-state index in [4.69, 9.17) is 0 Å². The van der Waals surface area contributed by atoms with Crippen LogP contribution in [0.1, 0.15) is 53.4 Å². The van der Waals surface area contributed by atoms with E-state index in [0.29, 0.717) is 6.04 Å². The molecule has 0 aliphatic carbocycles. The molecule has 0 spiro atoms. The smallest absolute Gasteiger partial charge is 0.253 e. The molecule has 1 N–H and O–H groups in total. The first-order valence-corrected chi connectivity index (χ1v) is 8.07. The van der Waals surface area contributed by atoms with Gasteiger partial charge in [-0.05, 0) is 46.6 Å². The zero-order valence-electron chi connectivity index (χ0n) is 14.4. The first-order chi connectivity index (χ1) is 10.0. The van der Waals surface area contributed by atoms with Crippen LogP contribution in [0.25, 0.3) is 0 Å². The van der Waals surface area contributed by atoms with Crippen molar-refractivity contribution in [2.24, 2.45) is 0 Å². The number of rotatable bonds is 7. The lowest BCUT2D eigenvalue weighted by Crippen LogP contribution is -2.61. The molecular formula is C17H31N3O. The van der Waals surface area contributed by atoms with Crippen LogP contribution >= 0.6 is 0 Å². The highest BCUT2D eigenvalue weighted by Gasteiger charge is 2.36. The van der Waals surface area contributed by atoms with E-state index in [0.717, 1.165) is 37.0 Å². The van der Waals surface area contributed by atoms with Gasteiger partial charge in [-0.25, -0.2) is 0 Å². The first-order valence-electron chi connectivity index (χ1n) is 8.07. The predicted octanol–water partition coefficient (Wildman–Crippen LogP) is 3.08. The molecule has 0 bridgehead atoms. The highest BCUT2D eigenvalue weighted by atomic mass is 16.2. The van der Waals surface area contributed by atoms with E-state index in [1.165, 1.54) is 0 Å². The Morgan fingerprint density at radius 1 is 1.38 bits per heavy atom. The normalized spacial score (nSPS) is 21.6. The van der Waals surface area contributed by atoms with Gasteiger partial charge in [0.25, 0.3) is 5.91 Å². The third-order valence-electron chi connectivity index (χ3n) is 4.41. The summed E-state index contributed by atoms with van der Waals surface area (Å²) in [7, 11) is 3.81. The van der Waals surface area contributed by atoms with Crippen molar-refractivity contribution in [3.05, 3.63) is 23.4 Å². The second-order valence-corrected chi connectivity index (χ2v) is 5.61. The summed E-state index contributed by atoms with van der Waals surface area (Å²) in [5.41, 5.74) is 2.07. The number of allylic oxidation sites excluding steroid dienone is 3. The van der Waals surface area contributed by atoms with Crippen LogP contribution in [0.2, 0.25) is 0 Å². The topological polar surface area (TPSA) is 35.6 Å². The van der Waals surface area contributed by atoms with Crippen LogP contribution in [0.15, 0.2) is 23.4 Å². The summed E-state index contributed by atoms with van der Waals surface area (Å²) in [6, 6.07) is 0.441. The largest absolute Gasteiger partial charge is 0.339 e. The Kier molecular flexibility index (Phi) is 6.96. The average Bonchev–Trinajstić information content (AvgIpc) is 2.48. The summed E-state index contributed by atoms with van der Waals surface area (Å²) in [5, 5.41) is 3.29. The SMILES string of the molecule is CC=CCCC(CC)N1C(C)=C(CC)C(=O)N(C)C1NC. The van der Waals surface area contributed by atoms with Crippen LogP contribution in [-0.2, 0) is 4.79 Å². The standard InChI is InChI=1S/C17H31N3O/c1-7-10-11-12-14(8-2)20-13(4)15(9-3)16(21)19(6)17(20)18-5/h7,10,14,17-18H,8-9,11-12H2,1-6H3. The van der Waals surface area contributed by atoms with Gasteiger partial charge in [-0.1, -0.05) is 26.0 Å². The second-order valence-electron chi connectivity index (χ2n) is 5.61. The van der Waals surface area contributed by atoms with Crippen LogP contribution in [0.4, 0.5) is 0 Å². The summed E-state index contributed by atoms with van der Waals surface area (Å²) < 4.78 is 0. The van der Waals surface area contributed by atoms with Gasteiger partial charge in [0.2, 0.25) is 0 Å². The van der Waals surface area contributed by atoms with E-state index in [1.54, 1.807) is 0 Å². The molecule has 4 nitrogen and oxygen atoms in total. The Bertz CT molecular complexity index is 414. The molecule has 2 unspecified atom stereocenters. The molecule has 120 valence electrons. The van der Waals surface area contributed by atoms with Gasteiger partial charge < -0.3 is 9.80 Å². The number of hydrogen-bond donors (Lipinski definition) is 1. The fourth-order valence-electron chi connectivity index (χ4n) is 3.21. The fraction of sp³-hybridized carbons (Fsp3) is 0.706. The zero-order valence-corrected chi connectivity index (χ0v) is 14.4. The lowest BCUT2D eigenvalue weighted by atomic mass is 10.0.